The quantitative estimate of drug-likeness (QED) is 0.870. The van der Waals surface area contributed by atoms with E-state index in [2.05, 4.69) is 18.7 Å². The molecule has 3 unspecified atom stereocenters. The zero-order valence-corrected chi connectivity index (χ0v) is 10.8. The van der Waals surface area contributed by atoms with Gasteiger partial charge in [-0.15, -0.1) is 0 Å². The van der Waals surface area contributed by atoms with Gasteiger partial charge in [0.15, 0.2) is 0 Å². The van der Waals surface area contributed by atoms with E-state index in [0.717, 1.165) is 24.6 Å². The van der Waals surface area contributed by atoms with Crippen LogP contribution in [0.4, 0.5) is 0 Å². The highest BCUT2D eigenvalue weighted by Gasteiger charge is 2.29. The number of hydrogen-bond acceptors (Lipinski definition) is 4. The van der Waals surface area contributed by atoms with Crippen molar-refractivity contribution >= 4 is 0 Å². The van der Waals surface area contributed by atoms with Gasteiger partial charge in [0.2, 0.25) is 0 Å². The highest BCUT2D eigenvalue weighted by Crippen LogP contribution is 2.25. The minimum Gasteiger partial charge on any atom is -0.465 e. The molecule has 1 fully saturated rings. The molecule has 1 aromatic heterocycles. The normalized spacial score (nSPS) is 28.2. The van der Waals surface area contributed by atoms with Crippen molar-refractivity contribution < 1.29 is 9.15 Å². The second kappa shape index (κ2) is 5.21. The summed E-state index contributed by atoms with van der Waals surface area (Å²) in [5.41, 5.74) is 5.89. The van der Waals surface area contributed by atoms with E-state index in [0.29, 0.717) is 6.54 Å². The van der Waals surface area contributed by atoms with Gasteiger partial charge in [-0.3, -0.25) is 4.90 Å². The lowest BCUT2D eigenvalue weighted by molar-refractivity contribution is -0.0819. The third-order valence-electron chi connectivity index (χ3n) is 3.20. The van der Waals surface area contributed by atoms with Gasteiger partial charge in [0.1, 0.15) is 11.5 Å². The lowest BCUT2D eigenvalue weighted by Crippen LogP contribution is -2.48. The molecule has 96 valence electrons. The molecule has 4 heteroatoms. The molecular formula is C13H22N2O2. The van der Waals surface area contributed by atoms with Crippen molar-refractivity contribution in [2.75, 3.05) is 19.6 Å². The average molecular weight is 238 g/mol. The van der Waals surface area contributed by atoms with E-state index in [1.807, 2.05) is 19.1 Å². The Bertz CT molecular complexity index is 354. The fraction of sp³-hybridized carbons (Fsp3) is 0.692. The first-order valence-electron chi connectivity index (χ1n) is 6.26. The predicted molar refractivity (Wildman–Crippen MR) is 66.8 cm³/mol. The Hall–Kier alpha value is -0.840. The first-order valence-corrected chi connectivity index (χ1v) is 6.26. The van der Waals surface area contributed by atoms with Crippen LogP contribution in [0, 0.1) is 6.92 Å². The number of aryl methyl sites for hydroxylation is 1. The molecule has 1 saturated heterocycles. The molecule has 1 aliphatic heterocycles. The Labute approximate surface area is 103 Å². The maximum atomic E-state index is 5.89. The van der Waals surface area contributed by atoms with E-state index >= 15 is 0 Å². The summed E-state index contributed by atoms with van der Waals surface area (Å²) in [5.74, 6) is 1.90. The molecule has 0 saturated carbocycles. The largest absolute Gasteiger partial charge is 0.465 e. The molecule has 0 aliphatic carbocycles. The lowest BCUT2D eigenvalue weighted by atomic mass is 10.1. The van der Waals surface area contributed by atoms with Crippen molar-refractivity contribution in [2.45, 2.75) is 39.0 Å². The van der Waals surface area contributed by atoms with Gasteiger partial charge >= 0.3 is 0 Å². The van der Waals surface area contributed by atoms with Crippen LogP contribution in [-0.2, 0) is 4.74 Å². The second-order valence-corrected chi connectivity index (χ2v) is 4.91. The van der Waals surface area contributed by atoms with Gasteiger partial charge in [-0.25, -0.2) is 0 Å². The van der Waals surface area contributed by atoms with Crippen LogP contribution < -0.4 is 5.73 Å². The zero-order valence-electron chi connectivity index (χ0n) is 10.8. The first kappa shape index (κ1) is 12.6. The summed E-state index contributed by atoms with van der Waals surface area (Å²) in [6.45, 7) is 8.55. The van der Waals surface area contributed by atoms with Crippen molar-refractivity contribution in [1.82, 2.24) is 4.90 Å². The van der Waals surface area contributed by atoms with Crippen LogP contribution in [0.1, 0.15) is 31.4 Å². The maximum absolute atomic E-state index is 5.89. The number of hydrogen-bond donors (Lipinski definition) is 1. The molecule has 0 spiro atoms. The summed E-state index contributed by atoms with van der Waals surface area (Å²) in [4.78, 5) is 2.36. The molecule has 2 rings (SSSR count). The third kappa shape index (κ3) is 2.89. The highest BCUT2D eigenvalue weighted by molar-refractivity contribution is 5.10. The Kier molecular flexibility index (Phi) is 3.86. The monoisotopic (exact) mass is 238 g/mol. The summed E-state index contributed by atoms with van der Waals surface area (Å²) in [6.07, 6.45) is 0.507. The molecule has 0 radical (unpaired) electrons. The molecule has 1 aromatic rings. The van der Waals surface area contributed by atoms with Crippen molar-refractivity contribution in [3.63, 3.8) is 0 Å². The molecule has 2 N–H and O–H groups in total. The van der Waals surface area contributed by atoms with Crippen molar-refractivity contribution in [3.05, 3.63) is 23.7 Å². The smallest absolute Gasteiger partial charge is 0.122 e. The van der Waals surface area contributed by atoms with E-state index in [1.165, 1.54) is 0 Å². The van der Waals surface area contributed by atoms with Gasteiger partial charge < -0.3 is 14.9 Å². The number of morpholine rings is 1. The van der Waals surface area contributed by atoms with E-state index in [-0.39, 0.29) is 18.2 Å². The molecule has 1 aliphatic rings. The Morgan fingerprint density at radius 3 is 2.47 bits per heavy atom. The van der Waals surface area contributed by atoms with Crippen molar-refractivity contribution in [3.8, 4) is 0 Å². The molecule has 3 atom stereocenters. The highest BCUT2D eigenvalue weighted by atomic mass is 16.5. The predicted octanol–water partition coefficient (Wildman–Crippen LogP) is 1.70. The molecule has 17 heavy (non-hydrogen) atoms. The van der Waals surface area contributed by atoms with Crippen LogP contribution in [0.5, 0.6) is 0 Å². The number of rotatable bonds is 3. The Morgan fingerprint density at radius 1 is 1.35 bits per heavy atom. The molecule has 0 amide bonds. The molecule has 0 bridgehead atoms. The van der Waals surface area contributed by atoms with E-state index in [1.54, 1.807) is 0 Å². The van der Waals surface area contributed by atoms with Crippen LogP contribution in [-0.4, -0.2) is 36.7 Å². The maximum Gasteiger partial charge on any atom is 0.122 e. The van der Waals surface area contributed by atoms with Crippen molar-refractivity contribution in [1.29, 1.82) is 0 Å². The number of nitrogens with two attached hydrogens (primary N) is 1. The van der Waals surface area contributed by atoms with Crippen LogP contribution >= 0.6 is 0 Å². The Balaban J connectivity index is 2.12. The fourth-order valence-electron chi connectivity index (χ4n) is 2.55. The van der Waals surface area contributed by atoms with E-state index in [9.17, 15) is 0 Å². The third-order valence-corrected chi connectivity index (χ3v) is 3.20. The number of nitrogens with zero attached hydrogens (tertiary/aromatic N) is 1. The van der Waals surface area contributed by atoms with Crippen LogP contribution in [0.25, 0.3) is 0 Å². The fourth-order valence-corrected chi connectivity index (χ4v) is 2.55. The number of ether oxygens (including phenoxy) is 1. The molecule has 2 heterocycles. The van der Waals surface area contributed by atoms with Crippen molar-refractivity contribution in [2.24, 2.45) is 5.73 Å². The van der Waals surface area contributed by atoms with Gasteiger partial charge in [-0.1, -0.05) is 0 Å². The second-order valence-electron chi connectivity index (χ2n) is 4.91. The number of furan rings is 1. The standard InChI is InChI=1S/C13H22N2O2/c1-9-4-5-13(17-9)12(6-14)15-7-10(2)16-11(3)8-15/h4-5,10-12H,6-8,14H2,1-3H3. The van der Waals surface area contributed by atoms with Gasteiger partial charge in [0, 0.05) is 19.6 Å². The SMILES string of the molecule is Cc1ccc(C(CN)N2CC(C)OC(C)C2)o1. The van der Waals surface area contributed by atoms with Crippen LogP contribution in [0.15, 0.2) is 16.5 Å². The molecular weight excluding hydrogens is 216 g/mol. The molecule has 4 nitrogen and oxygen atoms in total. The van der Waals surface area contributed by atoms with Gasteiger partial charge in [-0.05, 0) is 32.9 Å². The first-order chi connectivity index (χ1) is 8.10. The zero-order chi connectivity index (χ0) is 12.4. The summed E-state index contributed by atoms with van der Waals surface area (Å²) in [7, 11) is 0. The van der Waals surface area contributed by atoms with E-state index in [4.69, 9.17) is 14.9 Å². The van der Waals surface area contributed by atoms with E-state index < -0.39 is 0 Å². The van der Waals surface area contributed by atoms with Gasteiger partial charge in [-0.2, -0.15) is 0 Å². The van der Waals surface area contributed by atoms with Gasteiger partial charge in [0.25, 0.3) is 0 Å². The lowest BCUT2D eigenvalue weighted by Gasteiger charge is -2.39. The van der Waals surface area contributed by atoms with Crippen LogP contribution in [0.3, 0.4) is 0 Å². The summed E-state index contributed by atoms with van der Waals surface area (Å²) < 4.78 is 11.4. The van der Waals surface area contributed by atoms with Gasteiger partial charge in [0.05, 0.1) is 18.2 Å². The summed E-state index contributed by atoms with van der Waals surface area (Å²) in [5, 5.41) is 0. The van der Waals surface area contributed by atoms with Crippen LogP contribution in [0.2, 0.25) is 0 Å². The topological polar surface area (TPSA) is 51.6 Å². The minimum absolute atomic E-state index is 0.164. The average Bonchev–Trinajstić information content (AvgIpc) is 2.64. The Morgan fingerprint density at radius 2 is 2.00 bits per heavy atom. The summed E-state index contributed by atoms with van der Waals surface area (Å²) >= 11 is 0. The summed E-state index contributed by atoms with van der Waals surface area (Å²) in [6, 6.07) is 4.18. The molecule has 0 aromatic carbocycles. The minimum atomic E-state index is 0.164.